The van der Waals surface area contributed by atoms with Crippen molar-refractivity contribution < 1.29 is 14.1 Å². The average Bonchev–Trinajstić information content (AvgIpc) is 3.23. The van der Waals surface area contributed by atoms with E-state index in [0.717, 1.165) is 25.7 Å². The van der Waals surface area contributed by atoms with Crippen LogP contribution in [0.5, 0.6) is 0 Å². The minimum Gasteiger partial charge on any atom is -0.405 e. The number of carbonyl (C=O) groups is 1. The van der Waals surface area contributed by atoms with Crippen molar-refractivity contribution in [2.24, 2.45) is 28.7 Å². The van der Waals surface area contributed by atoms with E-state index in [0.29, 0.717) is 36.8 Å². The summed E-state index contributed by atoms with van der Waals surface area (Å²) in [5.74, 6) is 1.09. The fourth-order valence-corrected chi connectivity index (χ4v) is 7.04. The molecule has 6 atom stereocenters. The van der Waals surface area contributed by atoms with Gasteiger partial charge in [-0.05, 0) is 79.2 Å². The third-order valence-electron chi connectivity index (χ3n) is 9.51. The first kappa shape index (κ1) is 25.7. The number of rotatable bonds is 10. The van der Waals surface area contributed by atoms with Gasteiger partial charge in [-0.2, -0.15) is 0 Å². The van der Waals surface area contributed by atoms with Gasteiger partial charge in [-0.3, -0.25) is 4.79 Å². The zero-order valence-electron chi connectivity index (χ0n) is 22.0. The maximum absolute atomic E-state index is 12.8. The molecule has 2 aromatic rings. The van der Waals surface area contributed by atoms with Crippen LogP contribution < -0.4 is 16.8 Å². The number of hydrogen-bond donors (Lipinski definition) is 3. The maximum atomic E-state index is 12.8. The molecule has 0 unspecified atom stereocenters. The van der Waals surface area contributed by atoms with Crippen molar-refractivity contribution in [1.29, 1.82) is 0 Å². The van der Waals surface area contributed by atoms with E-state index in [1.54, 1.807) is 0 Å². The lowest BCUT2D eigenvalue weighted by molar-refractivity contribution is -0.199. The lowest BCUT2D eigenvalue weighted by atomic mass is 9.43. The van der Waals surface area contributed by atoms with Crippen LogP contribution in [0.4, 0.5) is 0 Å². The molecular weight excluding hydrogens is 449 g/mol. The number of nitrogens with two attached hydrogens (primary N) is 2. The molecule has 7 heteroatoms. The van der Waals surface area contributed by atoms with Crippen LogP contribution in [0.3, 0.4) is 0 Å². The van der Waals surface area contributed by atoms with Crippen LogP contribution in [-0.2, 0) is 20.5 Å². The Morgan fingerprint density at radius 2 is 1.92 bits per heavy atom. The monoisotopic (exact) mass is 491 g/mol. The van der Waals surface area contributed by atoms with Gasteiger partial charge in [-0.15, -0.1) is 0 Å². The highest BCUT2D eigenvalue weighted by Gasteiger charge is 2.68. The summed E-state index contributed by atoms with van der Waals surface area (Å²) < 4.78 is 13.5. The van der Waals surface area contributed by atoms with E-state index >= 15 is 0 Å². The second-order valence-electron chi connectivity index (χ2n) is 12.1. The molecule has 3 aliphatic carbocycles. The van der Waals surface area contributed by atoms with E-state index in [4.69, 9.17) is 20.8 Å². The highest BCUT2D eigenvalue weighted by Crippen LogP contribution is 2.66. The van der Waals surface area contributed by atoms with Gasteiger partial charge in [0.1, 0.15) is 0 Å². The Balaban J connectivity index is 1.32. The molecule has 1 saturated heterocycles. The number of unbranched alkanes of at least 4 members (excludes halogenated alkanes) is 1. The molecule has 1 amide bonds. The standard InChI is InChI=1S/C29H42BN3O3/c1-28(2)22-16-25(28)29(3)26(17-22)35-30(36-29)23(18-33-27(34)24(32)10-6-7-13-31)15-19-11-12-20-8-4-5-9-21(20)14-19/h4-5,8-9,11-12,14,22-26H,6-7,10,13,15-18,31-32H2,1-3H3,(H,33,34)/t22-,23-,24+,25-,26+,29-/m1/s1. The predicted octanol–water partition coefficient (Wildman–Crippen LogP) is 4.05. The van der Waals surface area contributed by atoms with Crippen LogP contribution >= 0.6 is 0 Å². The highest BCUT2D eigenvalue weighted by molar-refractivity contribution is 6.47. The molecule has 4 aliphatic rings. The molecule has 1 heterocycles. The number of hydrogen-bond acceptors (Lipinski definition) is 5. The first-order valence-corrected chi connectivity index (χ1v) is 13.8. The van der Waals surface area contributed by atoms with Crippen molar-refractivity contribution in [3.05, 3.63) is 48.0 Å². The second-order valence-corrected chi connectivity index (χ2v) is 12.1. The fraction of sp³-hybridized carbons (Fsp3) is 0.621. The van der Waals surface area contributed by atoms with Crippen molar-refractivity contribution in [1.82, 2.24) is 5.32 Å². The minimum absolute atomic E-state index is 0.00547. The molecular formula is C29H42BN3O3. The number of amides is 1. The lowest BCUT2D eigenvalue weighted by Gasteiger charge is -2.64. The Hall–Kier alpha value is -1.93. The molecule has 5 N–H and O–H groups in total. The molecule has 6 nitrogen and oxygen atoms in total. The second kappa shape index (κ2) is 10.1. The van der Waals surface area contributed by atoms with Gasteiger partial charge in [0.2, 0.25) is 5.91 Å². The largest absolute Gasteiger partial charge is 0.463 e. The van der Waals surface area contributed by atoms with Gasteiger partial charge in [-0.25, -0.2) is 0 Å². The molecule has 0 radical (unpaired) electrons. The Morgan fingerprint density at radius 1 is 1.14 bits per heavy atom. The molecule has 3 saturated carbocycles. The van der Waals surface area contributed by atoms with E-state index in [2.05, 4.69) is 68.6 Å². The van der Waals surface area contributed by atoms with Crippen molar-refractivity contribution in [2.45, 2.75) is 82.9 Å². The number of benzene rings is 2. The van der Waals surface area contributed by atoms with Crippen LogP contribution in [0.25, 0.3) is 10.8 Å². The summed E-state index contributed by atoms with van der Waals surface area (Å²) in [7, 11) is -0.351. The Kier molecular flexibility index (Phi) is 7.21. The molecule has 0 aromatic heterocycles. The van der Waals surface area contributed by atoms with Crippen molar-refractivity contribution in [2.75, 3.05) is 13.1 Å². The third-order valence-corrected chi connectivity index (χ3v) is 9.51. The van der Waals surface area contributed by atoms with Crippen LogP contribution in [0.2, 0.25) is 5.82 Å². The zero-order chi connectivity index (χ0) is 25.5. The van der Waals surface area contributed by atoms with Gasteiger partial charge < -0.3 is 26.1 Å². The van der Waals surface area contributed by atoms with Gasteiger partial charge in [-0.1, -0.05) is 62.7 Å². The van der Waals surface area contributed by atoms with Crippen molar-refractivity contribution >= 4 is 23.8 Å². The molecule has 194 valence electrons. The van der Waals surface area contributed by atoms with Gasteiger partial charge in [0.15, 0.2) is 0 Å². The molecule has 2 bridgehead atoms. The molecule has 4 fully saturated rings. The predicted molar refractivity (Wildman–Crippen MR) is 145 cm³/mol. The van der Waals surface area contributed by atoms with Gasteiger partial charge in [0.05, 0.1) is 17.7 Å². The van der Waals surface area contributed by atoms with E-state index < -0.39 is 6.04 Å². The molecule has 2 aromatic carbocycles. The topological polar surface area (TPSA) is 99.6 Å². The minimum atomic E-state index is -0.517. The highest BCUT2D eigenvalue weighted by atomic mass is 16.7. The number of fused-ring (bicyclic) bond motifs is 1. The first-order valence-electron chi connectivity index (χ1n) is 13.8. The van der Waals surface area contributed by atoms with Crippen LogP contribution in [0.15, 0.2) is 42.5 Å². The summed E-state index contributed by atoms with van der Waals surface area (Å²) in [6, 6.07) is 14.5. The lowest BCUT2D eigenvalue weighted by Crippen LogP contribution is -2.65. The van der Waals surface area contributed by atoms with Gasteiger partial charge in [0.25, 0.3) is 0 Å². The molecule has 1 aliphatic heterocycles. The normalized spacial score (nSPS) is 29.9. The first-order chi connectivity index (χ1) is 17.2. The Bertz CT molecular complexity index is 1090. The summed E-state index contributed by atoms with van der Waals surface area (Å²) in [5, 5.41) is 5.56. The van der Waals surface area contributed by atoms with Crippen LogP contribution in [-0.4, -0.2) is 43.9 Å². The summed E-state index contributed by atoms with van der Waals surface area (Å²) >= 11 is 0. The summed E-state index contributed by atoms with van der Waals surface area (Å²) in [4.78, 5) is 12.8. The van der Waals surface area contributed by atoms with Gasteiger partial charge >= 0.3 is 7.12 Å². The number of nitrogens with one attached hydrogen (secondary N) is 1. The fourth-order valence-electron chi connectivity index (χ4n) is 7.04. The van der Waals surface area contributed by atoms with E-state index in [-0.39, 0.29) is 30.5 Å². The van der Waals surface area contributed by atoms with Gasteiger partial charge in [0, 0.05) is 12.4 Å². The van der Waals surface area contributed by atoms with E-state index in [1.807, 2.05) is 0 Å². The van der Waals surface area contributed by atoms with Crippen LogP contribution in [0, 0.1) is 17.3 Å². The maximum Gasteiger partial charge on any atom is 0.463 e. The van der Waals surface area contributed by atoms with E-state index in [1.165, 1.54) is 22.8 Å². The zero-order valence-corrected chi connectivity index (χ0v) is 22.0. The quantitative estimate of drug-likeness (QED) is 0.344. The molecule has 6 rings (SSSR count). The van der Waals surface area contributed by atoms with Crippen molar-refractivity contribution in [3.8, 4) is 0 Å². The molecule has 36 heavy (non-hydrogen) atoms. The van der Waals surface area contributed by atoms with Crippen LogP contribution in [0.1, 0.15) is 58.4 Å². The van der Waals surface area contributed by atoms with Crippen molar-refractivity contribution in [3.63, 3.8) is 0 Å². The average molecular weight is 491 g/mol. The Morgan fingerprint density at radius 3 is 2.67 bits per heavy atom. The summed E-state index contributed by atoms with van der Waals surface area (Å²) in [6.45, 7) is 8.10. The Labute approximate surface area is 216 Å². The molecule has 0 spiro atoms. The summed E-state index contributed by atoms with van der Waals surface area (Å²) in [6.07, 6.45) is 5.54. The third kappa shape index (κ3) is 4.71. The SMILES string of the molecule is CC1(C)[C@H]2C[C@@H]3OB([C@@H](CNC(=O)[C@@H](N)CCCCN)Cc4ccc5ccccc5c4)O[C@]3(C)[C@@H]1C2. The summed E-state index contributed by atoms with van der Waals surface area (Å²) in [5.41, 5.74) is 13.0. The smallest absolute Gasteiger partial charge is 0.405 e. The van der Waals surface area contributed by atoms with E-state index in [9.17, 15) is 4.79 Å². The number of carbonyl (C=O) groups excluding carboxylic acids is 1.